The van der Waals surface area contributed by atoms with Crippen LogP contribution in [-0.4, -0.2) is 15.6 Å². The second-order valence-corrected chi connectivity index (χ2v) is 4.89. The fourth-order valence-electron chi connectivity index (χ4n) is 2.37. The molecule has 0 radical (unpaired) electrons. The number of carbonyl (C=O) groups is 1. The van der Waals surface area contributed by atoms with Crippen molar-refractivity contribution in [2.45, 2.75) is 26.3 Å². The van der Waals surface area contributed by atoms with E-state index in [0.29, 0.717) is 6.54 Å². The van der Waals surface area contributed by atoms with Crippen molar-refractivity contribution < 1.29 is 9.90 Å². The number of benzene rings is 1. The van der Waals surface area contributed by atoms with Crippen molar-refractivity contribution in [2.24, 2.45) is 0 Å². The summed E-state index contributed by atoms with van der Waals surface area (Å²) in [4.78, 5) is 22.9. The van der Waals surface area contributed by atoms with Crippen molar-refractivity contribution in [3.8, 4) is 0 Å². The first-order valence-corrected chi connectivity index (χ1v) is 6.45. The summed E-state index contributed by atoms with van der Waals surface area (Å²) >= 11 is 0. The minimum absolute atomic E-state index is 0.0529. The lowest BCUT2D eigenvalue weighted by atomic mass is 9.99. The third-order valence-corrected chi connectivity index (χ3v) is 3.42. The molecule has 0 saturated heterocycles. The summed E-state index contributed by atoms with van der Waals surface area (Å²) in [5.41, 5.74) is 2.26. The topological polar surface area (TPSA) is 59.3 Å². The monoisotopic (exact) mass is 271 g/mol. The molecule has 1 atom stereocenters. The maximum absolute atomic E-state index is 11.5. The third kappa shape index (κ3) is 2.96. The predicted octanol–water partition coefficient (Wildman–Crippen LogP) is 2.33. The molecule has 0 bridgehead atoms. The van der Waals surface area contributed by atoms with Gasteiger partial charge >= 0.3 is 5.97 Å². The molecule has 0 saturated carbocycles. The predicted molar refractivity (Wildman–Crippen MR) is 77.0 cm³/mol. The van der Waals surface area contributed by atoms with Crippen LogP contribution in [0.1, 0.15) is 22.9 Å². The van der Waals surface area contributed by atoms with E-state index >= 15 is 0 Å². The van der Waals surface area contributed by atoms with Crippen LogP contribution in [-0.2, 0) is 11.3 Å². The molecule has 1 aromatic carbocycles. The average Bonchev–Trinajstić information content (AvgIpc) is 2.38. The number of carboxylic acid groups (broad SMARTS) is 1. The molecule has 0 aliphatic carbocycles. The van der Waals surface area contributed by atoms with E-state index < -0.39 is 11.9 Å². The van der Waals surface area contributed by atoms with Gasteiger partial charge in [0, 0.05) is 30.1 Å². The summed E-state index contributed by atoms with van der Waals surface area (Å²) < 4.78 is 1.87. The molecule has 20 heavy (non-hydrogen) atoms. The van der Waals surface area contributed by atoms with E-state index in [1.165, 1.54) is 12.1 Å². The van der Waals surface area contributed by atoms with Gasteiger partial charge in [-0.25, -0.2) is 0 Å². The number of hydrogen-bond donors (Lipinski definition) is 1. The second kappa shape index (κ2) is 5.74. The summed E-state index contributed by atoms with van der Waals surface area (Å²) in [6.07, 6.45) is 0. The molecule has 0 fully saturated rings. The van der Waals surface area contributed by atoms with Crippen molar-refractivity contribution in [1.29, 1.82) is 0 Å². The van der Waals surface area contributed by atoms with Crippen LogP contribution in [0, 0.1) is 13.8 Å². The van der Waals surface area contributed by atoms with Crippen LogP contribution in [0.15, 0.2) is 47.3 Å². The molecule has 0 aliphatic rings. The molecule has 1 heterocycles. The van der Waals surface area contributed by atoms with E-state index in [-0.39, 0.29) is 5.43 Å². The van der Waals surface area contributed by atoms with E-state index in [2.05, 4.69) is 0 Å². The fourth-order valence-corrected chi connectivity index (χ4v) is 2.37. The number of aliphatic carboxylic acids is 1. The Morgan fingerprint density at radius 2 is 1.70 bits per heavy atom. The largest absolute Gasteiger partial charge is 0.481 e. The van der Waals surface area contributed by atoms with Crippen LogP contribution in [0.2, 0.25) is 0 Å². The number of pyridine rings is 1. The average molecular weight is 271 g/mol. The van der Waals surface area contributed by atoms with Gasteiger partial charge in [0.1, 0.15) is 0 Å². The SMILES string of the molecule is Cc1cc(=O)cc(C)n1C[C@H](C(=O)O)c1ccccc1. The molecule has 0 spiro atoms. The number of aryl methyl sites for hydroxylation is 2. The Morgan fingerprint density at radius 3 is 2.20 bits per heavy atom. The molecule has 4 nitrogen and oxygen atoms in total. The van der Waals surface area contributed by atoms with E-state index in [4.69, 9.17) is 0 Å². The first kappa shape index (κ1) is 14.1. The summed E-state index contributed by atoms with van der Waals surface area (Å²) in [5.74, 6) is -1.50. The highest BCUT2D eigenvalue weighted by atomic mass is 16.4. The molecule has 2 rings (SSSR count). The standard InChI is InChI=1S/C16H17NO3/c1-11-8-14(18)9-12(2)17(11)10-15(16(19)20)13-6-4-3-5-7-13/h3-9,15H,10H2,1-2H3,(H,19,20)/t15-/m0/s1. The highest BCUT2D eigenvalue weighted by molar-refractivity contribution is 5.76. The van der Waals surface area contributed by atoms with Gasteiger partial charge in [0.2, 0.25) is 0 Å². The van der Waals surface area contributed by atoms with Gasteiger partial charge in [0.15, 0.2) is 5.43 Å². The van der Waals surface area contributed by atoms with Crippen molar-refractivity contribution in [2.75, 3.05) is 0 Å². The maximum Gasteiger partial charge on any atom is 0.312 e. The maximum atomic E-state index is 11.5. The smallest absolute Gasteiger partial charge is 0.312 e. The highest BCUT2D eigenvalue weighted by Crippen LogP contribution is 2.19. The van der Waals surface area contributed by atoms with Crippen molar-refractivity contribution in [3.63, 3.8) is 0 Å². The molecule has 1 aromatic heterocycles. The Balaban J connectivity index is 2.40. The molecule has 104 valence electrons. The molecule has 4 heteroatoms. The van der Waals surface area contributed by atoms with Crippen molar-refractivity contribution >= 4 is 5.97 Å². The summed E-state index contributed by atoms with van der Waals surface area (Å²) in [6.45, 7) is 3.95. The van der Waals surface area contributed by atoms with Gasteiger partial charge in [-0.2, -0.15) is 0 Å². The fraction of sp³-hybridized carbons (Fsp3) is 0.250. The van der Waals surface area contributed by atoms with Gasteiger partial charge < -0.3 is 9.67 Å². The Bertz CT molecular complexity index is 648. The van der Waals surface area contributed by atoms with E-state index in [0.717, 1.165) is 17.0 Å². The van der Waals surface area contributed by atoms with Crippen LogP contribution in [0.5, 0.6) is 0 Å². The molecule has 1 N–H and O–H groups in total. The first-order valence-electron chi connectivity index (χ1n) is 6.45. The van der Waals surface area contributed by atoms with E-state index in [1.807, 2.05) is 48.7 Å². The Morgan fingerprint density at radius 1 is 1.15 bits per heavy atom. The Kier molecular flexibility index (Phi) is 4.03. The molecular weight excluding hydrogens is 254 g/mol. The van der Waals surface area contributed by atoms with Crippen LogP contribution >= 0.6 is 0 Å². The highest BCUT2D eigenvalue weighted by Gasteiger charge is 2.21. The van der Waals surface area contributed by atoms with Crippen molar-refractivity contribution in [3.05, 3.63) is 69.6 Å². The van der Waals surface area contributed by atoms with Crippen LogP contribution in [0.3, 0.4) is 0 Å². The molecule has 0 aliphatic heterocycles. The van der Waals surface area contributed by atoms with Gasteiger partial charge in [0.05, 0.1) is 5.92 Å². The quantitative estimate of drug-likeness (QED) is 0.928. The molecular formula is C16H17NO3. The Hall–Kier alpha value is -2.36. The van der Waals surface area contributed by atoms with Crippen LogP contribution in [0.4, 0.5) is 0 Å². The van der Waals surface area contributed by atoms with Crippen LogP contribution in [0.25, 0.3) is 0 Å². The zero-order valence-corrected chi connectivity index (χ0v) is 11.5. The van der Waals surface area contributed by atoms with Crippen LogP contribution < -0.4 is 5.43 Å². The molecule has 2 aromatic rings. The zero-order chi connectivity index (χ0) is 14.7. The zero-order valence-electron chi connectivity index (χ0n) is 11.5. The Labute approximate surface area is 117 Å². The summed E-state index contributed by atoms with van der Waals surface area (Å²) in [5, 5.41) is 9.45. The minimum atomic E-state index is -0.867. The lowest BCUT2D eigenvalue weighted by Gasteiger charge is -2.19. The first-order chi connectivity index (χ1) is 9.49. The number of aromatic nitrogens is 1. The van der Waals surface area contributed by atoms with Gasteiger partial charge in [-0.15, -0.1) is 0 Å². The number of nitrogens with zero attached hydrogens (tertiary/aromatic N) is 1. The summed E-state index contributed by atoms with van der Waals surface area (Å²) in [7, 11) is 0. The van der Waals surface area contributed by atoms with Gasteiger partial charge in [-0.05, 0) is 19.4 Å². The lowest BCUT2D eigenvalue weighted by molar-refractivity contribution is -0.139. The molecule has 0 unspecified atom stereocenters. The summed E-state index contributed by atoms with van der Waals surface area (Å²) in [6, 6.07) is 12.2. The van der Waals surface area contributed by atoms with Gasteiger partial charge in [-0.3, -0.25) is 9.59 Å². The third-order valence-electron chi connectivity index (χ3n) is 3.42. The number of hydrogen-bond acceptors (Lipinski definition) is 2. The normalized spacial score (nSPS) is 12.1. The minimum Gasteiger partial charge on any atom is -0.481 e. The number of rotatable bonds is 4. The lowest BCUT2D eigenvalue weighted by Crippen LogP contribution is -2.22. The van der Waals surface area contributed by atoms with Gasteiger partial charge in [-0.1, -0.05) is 30.3 Å². The number of carboxylic acids is 1. The van der Waals surface area contributed by atoms with Crippen molar-refractivity contribution in [1.82, 2.24) is 4.57 Å². The second-order valence-electron chi connectivity index (χ2n) is 4.89. The van der Waals surface area contributed by atoms with Gasteiger partial charge in [0.25, 0.3) is 0 Å². The molecule has 0 amide bonds. The van der Waals surface area contributed by atoms with E-state index in [1.54, 1.807) is 0 Å². The van der Waals surface area contributed by atoms with E-state index in [9.17, 15) is 14.7 Å².